The molecule has 0 bridgehead atoms. The van der Waals surface area contributed by atoms with Crippen molar-refractivity contribution in [1.82, 2.24) is 5.32 Å². The van der Waals surface area contributed by atoms with Crippen LogP contribution < -0.4 is 5.32 Å². The summed E-state index contributed by atoms with van der Waals surface area (Å²) in [5, 5.41) is 2.99. The van der Waals surface area contributed by atoms with Crippen molar-refractivity contribution in [2.24, 2.45) is 0 Å². The quantitative estimate of drug-likeness (QED) is 0.741. The molecule has 1 amide bonds. The first-order valence-corrected chi connectivity index (χ1v) is 10.5. The number of esters is 1. The van der Waals surface area contributed by atoms with E-state index in [0.29, 0.717) is 5.56 Å². The lowest BCUT2D eigenvalue weighted by Gasteiger charge is -2.28. The van der Waals surface area contributed by atoms with E-state index in [2.05, 4.69) is 11.4 Å². The molecule has 156 valence electrons. The summed E-state index contributed by atoms with van der Waals surface area (Å²) in [6, 6.07) is 10.2. The van der Waals surface area contributed by atoms with Crippen molar-refractivity contribution in [2.45, 2.75) is 51.5 Å². The minimum absolute atomic E-state index is 0.212. The zero-order chi connectivity index (χ0) is 21.3. The third kappa shape index (κ3) is 3.64. The van der Waals surface area contributed by atoms with Gasteiger partial charge in [0.25, 0.3) is 5.91 Å². The molecule has 0 aromatic heterocycles. The van der Waals surface area contributed by atoms with Gasteiger partial charge in [-0.1, -0.05) is 24.3 Å². The smallest absolute Gasteiger partial charge is 0.332 e. The Balaban J connectivity index is 1.70. The van der Waals surface area contributed by atoms with Crippen LogP contribution in [0.2, 0.25) is 0 Å². The first-order chi connectivity index (χ1) is 14.4. The molecule has 2 aliphatic rings. The summed E-state index contributed by atoms with van der Waals surface area (Å²) in [6.45, 7) is 3.95. The lowest BCUT2D eigenvalue weighted by molar-refractivity contribution is -0.150. The first-order valence-electron chi connectivity index (χ1n) is 10.5. The molecule has 4 nitrogen and oxygen atoms in total. The fraction of sp³-hybridized carbons (Fsp3) is 0.360. The monoisotopic (exact) mass is 407 g/mol. The van der Waals surface area contributed by atoms with E-state index in [9.17, 15) is 14.0 Å². The number of rotatable bonds is 5. The number of fused-ring (bicyclic) bond motifs is 1. The Morgan fingerprint density at radius 1 is 1.17 bits per heavy atom. The summed E-state index contributed by atoms with van der Waals surface area (Å²) in [4.78, 5) is 26.4. The van der Waals surface area contributed by atoms with Gasteiger partial charge in [-0.2, -0.15) is 0 Å². The van der Waals surface area contributed by atoms with Crippen LogP contribution in [0.15, 0.2) is 42.5 Å². The summed E-state index contributed by atoms with van der Waals surface area (Å²) in [5.74, 6) is -1.14. The molecule has 0 spiro atoms. The van der Waals surface area contributed by atoms with E-state index < -0.39 is 11.5 Å². The van der Waals surface area contributed by atoms with Crippen molar-refractivity contribution in [3.63, 3.8) is 0 Å². The maximum Gasteiger partial charge on any atom is 0.332 e. The van der Waals surface area contributed by atoms with Crippen LogP contribution in [0.25, 0.3) is 5.57 Å². The van der Waals surface area contributed by atoms with Crippen LogP contribution in [0, 0.1) is 12.7 Å². The minimum atomic E-state index is -1.23. The van der Waals surface area contributed by atoms with E-state index in [0.717, 1.165) is 41.5 Å². The second-order valence-electron chi connectivity index (χ2n) is 8.14. The number of halogens is 1. The Morgan fingerprint density at radius 2 is 1.97 bits per heavy atom. The van der Waals surface area contributed by atoms with Crippen LogP contribution in [0.1, 0.15) is 58.8 Å². The van der Waals surface area contributed by atoms with Gasteiger partial charge in [-0.3, -0.25) is 4.79 Å². The molecule has 0 aliphatic heterocycles. The van der Waals surface area contributed by atoms with E-state index in [1.807, 2.05) is 19.1 Å². The third-order valence-corrected chi connectivity index (χ3v) is 6.05. The maximum atomic E-state index is 13.8. The molecule has 0 radical (unpaired) electrons. The number of nitrogens with one attached hydrogen (secondary N) is 1. The highest BCUT2D eigenvalue weighted by atomic mass is 19.1. The normalized spacial score (nSPS) is 19.9. The van der Waals surface area contributed by atoms with Gasteiger partial charge >= 0.3 is 5.97 Å². The summed E-state index contributed by atoms with van der Waals surface area (Å²) < 4.78 is 19.1. The van der Waals surface area contributed by atoms with Gasteiger partial charge in [-0.25, -0.2) is 9.18 Å². The standard InChI is InChI=1S/C25H26FNO3/c1-3-30-24(29)25(14-18-11-12-20(26)13-19(18)15-25)27-23(28)21-10-6-7-16(2)22(21)17-8-4-5-9-17/h6-8,10-13H,3-5,9,14-15H2,1-2H3,(H,27,28). The largest absolute Gasteiger partial charge is 0.464 e. The molecule has 2 aliphatic carbocycles. The minimum Gasteiger partial charge on any atom is -0.464 e. The number of allylic oxidation sites excluding steroid dienone is 2. The molecule has 0 saturated carbocycles. The number of aryl methyl sites for hydroxylation is 1. The Hall–Kier alpha value is -2.95. The SMILES string of the molecule is CCOC(=O)C1(NC(=O)c2cccc(C)c2C2=CCCC2)Cc2ccc(F)cc2C1. The van der Waals surface area contributed by atoms with Gasteiger partial charge in [0.1, 0.15) is 11.4 Å². The average Bonchev–Trinajstić information content (AvgIpc) is 3.36. The van der Waals surface area contributed by atoms with Crippen molar-refractivity contribution < 1.29 is 18.7 Å². The molecule has 30 heavy (non-hydrogen) atoms. The van der Waals surface area contributed by atoms with Gasteiger partial charge in [-0.15, -0.1) is 0 Å². The lowest BCUT2D eigenvalue weighted by atomic mass is 9.91. The highest BCUT2D eigenvalue weighted by Crippen LogP contribution is 2.35. The van der Waals surface area contributed by atoms with Crippen molar-refractivity contribution in [3.05, 3.63) is 76.1 Å². The van der Waals surface area contributed by atoms with Crippen LogP contribution in [0.5, 0.6) is 0 Å². The molecule has 0 heterocycles. The van der Waals surface area contributed by atoms with E-state index in [1.54, 1.807) is 19.1 Å². The van der Waals surface area contributed by atoms with Gasteiger partial charge in [-0.05, 0) is 79.1 Å². The van der Waals surface area contributed by atoms with Crippen LogP contribution >= 0.6 is 0 Å². The molecule has 4 rings (SSSR count). The van der Waals surface area contributed by atoms with Gasteiger partial charge in [0, 0.05) is 18.4 Å². The summed E-state index contributed by atoms with van der Waals surface area (Å²) >= 11 is 0. The molecule has 0 saturated heterocycles. The fourth-order valence-electron chi connectivity index (χ4n) is 4.66. The number of carbonyl (C=O) groups excluding carboxylic acids is 2. The van der Waals surface area contributed by atoms with Crippen LogP contribution in [-0.4, -0.2) is 24.0 Å². The topological polar surface area (TPSA) is 55.4 Å². The average molecular weight is 407 g/mol. The highest BCUT2D eigenvalue weighted by molar-refractivity contribution is 6.03. The number of benzene rings is 2. The molecular formula is C25H26FNO3. The van der Waals surface area contributed by atoms with Crippen molar-refractivity contribution in [2.75, 3.05) is 6.61 Å². The summed E-state index contributed by atoms with van der Waals surface area (Å²) in [5.41, 5.74) is 4.09. The Morgan fingerprint density at radius 3 is 2.70 bits per heavy atom. The van der Waals surface area contributed by atoms with Gasteiger partial charge < -0.3 is 10.1 Å². The van der Waals surface area contributed by atoms with Crippen molar-refractivity contribution in [1.29, 1.82) is 0 Å². The zero-order valence-corrected chi connectivity index (χ0v) is 17.4. The predicted octanol–water partition coefficient (Wildman–Crippen LogP) is 4.53. The van der Waals surface area contributed by atoms with Crippen LogP contribution in [0.3, 0.4) is 0 Å². The molecule has 2 aromatic rings. The van der Waals surface area contributed by atoms with Gasteiger partial charge in [0.2, 0.25) is 0 Å². The van der Waals surface area contributed by atoms with Crippen LogP contribution in [0.4, 0.5) is 4.39 Å². The molecule has 1 unspecified atom stereocenters. The van der Waals surface area contributed by atoms with Gasteiger partial charge in [0.05, 0.1) is 6.61 Å². The van der Waals surface area contributed by atoms with Crippen molar-refractivity contribution >= 4 is 17.4 Å². The molecule has 0 fully saturated rings. The van der Waals surface area contributed by atoms with Crippen molar-refractivity contribution in [3.8, 4) is 0 Å². The number of hydrogen-bond donors (Lipinski definition) is 1. The second-order valence-corrected chi connectivity index (χ2v) is 8.14. The highest BCUT2D eigenvalue weighted by Gasteiger charge is 2.47. The van der Waals surface area contributed by atoms with Gasteiger partial charge in [0.15, 0.2) is 0 Å². The third-order valence-electron chi connectivity index (χ3n) is 6.05. The zero-order valence-electron chi connectivity index (χ0n) is 17.4. The first kappa shape index (κ1) is 20.3. The molecular weight excluding hydrogens is 381 g/mol. The van der Waals surface area contributed by atoms with E-state index >= 15 is 0 Å². The molecule has 1 atom stereocenters. The summed E-state index contributed by atoms with van der Waals surface area (Å²) in [7, 11) is 0. The maximum absolute atomic E-state index is 13.8. The number of carbonyl (C=O) groups is 2. The molecule has 5 heteroatoms. The number of ether oxygens (including phenoxy) is 1. The molecule has 2 aromatic carbocycles. The number of hydrogen-bond acceptors (Lipinski definition) is 3. The van der Waals surface area contributed by atoms with Crippen LogP contribution in [-0.2, 0) is 22.4 Å². The number of amides is 1. The second kappa shape index (κ2) is 8.05. The van der Waals surface area contributed by atoms with E-state index in [1.165, 1.54) is 17.7 Å². The van der Waals surface area contributed by atoms with E-state index in [-0.39, 0.29) is 31.2 Å². The fourth-order valence-corrected chi connectivity index (χ4v) is 4.66. The Bertz CT molecular complexity index is 1040. The Kier molecular flexibility index (Phi) is 5.46. The summed E-state index contributed by atoms with van der Waals surface area (Å²) in [6.07, 6.45) is 5.73. The lowest BCUT2D eigenvalue weighted by Crippen LogP contribution is -2.56. The Labute approximate surface area is 176 Å². The molecule has 1 N–H and O–H groups in total. The van der Waals surface area contributed by atoms with E-state index in [4.69, 9.17) is 4.74 Å². The predicted molar refractivity (Wildman–Crippen MR) is 114 cm³/mol.